The number of anilines is 1. The van der Waals surface area contributed by atoms with Crippen LogP contribution in [0.15, 0.2) is 12.1 Å². The van der Waals surface area contributed by atoms with Gasteiger partial charge in [0, 0.05) is 19.2 Å². The number of pyridine rings is 1. The lowest BCUT2D eigenvalue weighted by molar-refractivity contribution is -0.385. The second-order valence-electron chi connectivity index (χ2n) is 4.93. The zero-order chi connectivity index (χ0) is 14.0. The predicted octanol–water partition coefficient (Wildman–Crippen LogP) is 1.21. The molecule has 1 N–H and O–H groups in total. The number of nitro groups is 1. The van der Waals surface area contributed by atoms with Crippen molar-refractivity contribution < 1.29 is 10.0 Å². The smallest absolute Gasteiger partial charge is 0.305 e. The summed E-state index contributed by atoms with van der Waals surface area (Å²) in [4.78, 5) is 16.0. The molecule has 19 heavy (non-hydrogen) atoms. The maximum atomic E-state index is 10.7. The summed E-state index contributed by atoms with van der Waals surface area (Å²) < 4.78 is 0. The molecular formula is C12H14N4O3. The van der Waals surface area contributed by atoms with Crippen molar-refractivity contribution in [2.75, 3.05) is 18.0 Å². The van der Waals surface area contributed by atoms with Crippen molar-refractivity contribution in [2.45, 2.75) is 25.4 Å². The number of aromatic nitrogens is 1. The highest BCUT2D eigenvalue weighted by Crippen LogP contribution is 2.26. The van der Waals surface area contributed by atoms with Crippen LogP contribution in [0.3, 0.4) is 0 Å². The summed E-state index contributed by atoms with van der Waals surface area (Å²) in [6.45, 7) is 2.87. The first kappa shape index (κ1) is 13.2. The van der Waals surface area contributed by atoms with Crippen molar-refractivity contribution in [3.05, 3.63) is 27.9 Å². The molecule has 1 aliphatic heterocycles. The average molecular weight is 262 g/mol. The fourth-order valence-electron chi connectivity index (χ4n) is 2.26. The fourth-order valence-corrected chi connectivity index (χ4v) is 2.26. The number of nitrogens with zero attached hydrogens (tertiary/aromatic N) is 4. The van der Waals surface area contributed by atoms with Crippen LogP contribution in [-0.2, 0) is 0 Å². The minimum Gasteiger partial charge on any atom is -0.388 e. The van der Waals surface area contributed by atoms with E-state index in [9.17, 15) is 15.2 Å². The van der Waals surface area contributed by atoms with E-state index in [1.165, 1.54) is 12.1 Å². The predicted molar refractivity (Wildman–Crippen MR) is 67.7 cm³/mol. The minimum absolute atomic E-state index is 0.201. The van der Waals surface area contributed by atoms with Gasteiger partial charge in [0.15, 0.2) is 0 Å². The van der Waals surface area contributed by atoms with Crippen molar-refractivity contribution in [2.24, 2.45) is 0 Å². The van der Waals surface area contributed by atoms with Gasteiger partial charge in [-0.2, -0.15) is 5.26 Å². The molecule has 7 heteroatoms. The molecule has 1 aromatic heterocycles. The molecule has 1 atom stereocenters. The average Bonchev–Trinajstić information content (AvgIpc) is 2.36. The Kier molecular flexibility index (Phi) is 3.36. The van der Waals surface area contributed by atoms with Crippen LogP contribution in [0.5, 0.6) is 0 Å². The Balaban J connectivity index is 2.31. The number of hydrogen-bond acceptors (Lipinski definition) is 6. The third kappa shape index (κ3) is 2.80. The molecule has 7 nitrogen and oxygen atoms in total. The summed E-state index contributed by atoms with van der Waals surface area (Å²) >= 11 is 0. The zero-order valence-corrected chi connectivity index (χ0v) is 10.5. The highest BCUT2D eigenvalue weighted by atomic mass is 16.6. The molecule has 1 aliphatic rings. The molecule has 0 radical (unpaired) electrons. The first-order valence-corrected chi connectivity index (χ1v) is 5.96. The van der Waals surface area contributed by atoms with E-state index in [2.05, 4.69) is 4.98 Å². The van der Waals surface area contributed by atoms with Crippen LogP contribution in [0.1, 0.15) is 25.5 Å². The molecule has 0 amide bonds. The number of hydrogen-bond donors (Lipinski definition) is 1. The third-order valence-electron chi connectivity index (χ3n) is 3.16. The molecular weight excluding hydrogens is 248 g/mol. The van der Waals surface area contributed by atoms with E-state index in [1.54, 1.807) is 13.0 Å². The number of nitriles is 1. The maximum absolute atomic E-state index is 10.7. The van der Waals surface area contributed by atoms with Gasteiger partial charge in [0.1, 0.15) is 11.9 Å². The van der Waals surface area contributed by atoms with Crippen LogP contribution < -0.4 is 4.90 Å². The zero-order valence-electron chi connectivity index (χ0n) is 10.5. The van der Waals surface area contributed by atoms with Gasteiger partial charge >= 0.3 is 5.69 Å². The molecule has 1 aromatic rings. The van der Waals surface area contributed by atoms with Crippen LogP contribution in [0.2, 0.25) is 0 Å². The molecule has 2 rings (SSSR count). The molecule has 0 aromatic carbocycles. The highest BCUT2D eigenvalue weighted by Gasteiger charge is 2.29. The lowest BCUT2D eigenvalue weighted by Gasteiger charge is -2.37. The Morgan fingerprint density at radius 2 is 2.37 bits per heavy atom. The minimum atomic E-state index is -0.797. The van der Waals surface area contributed by atoms with Crippen LogP contribution in [0, 0.1) is 21.4 Å². The Labute approximate surface area is 110 Å². The molecule has 0 aliphatic carbocycles. The van der Waals surface area contributed by atoms with Gasteiger partial charge < -0.3 is 10.0 Å². The van der Waals surface area contributed by atoms with Gasteiger partial charge in [-0.1, -0.05) is 0 Å². The summed E-state index contributed by atoms with van der Waals surface area (Å²) in [6, 6.07) is 4.53. The number of β-amino-alcohol motifs (C(OH)–C–C–N with tert-alkyl or cyclic N) is 1. The molecule has 1 fully saturated rings. The Bertz CT molecular complexity index is 550. The summed E-state index contributed by atoms with van der Waals surface area (Å²) in [5, 5.41) is 29.7. The van der Waals surface area contributed by atoms with Gasteiger partial charge in [-0.25, -0.2) is 4.98 Å². The summed E-state index contributed by atoms with van der Waals surface area (Å²) in [5.74, 6) is 0.488. The van der Waals surface area contributed by atoms with Crippen LogP contribution in [0.25, 0.3) is 0 Å². The van der Waals surface area contributed by atoms with Crippen LogP contribution >= 0.6 is 0 Å². The SMILES string of the molecule is CC1(O)CCCN(c2ccc([N+](=O)[O-])c(C#N)n2)C1. The third-order valence-corrected chi connectivity index (χ3v) is 3.16. The Morgan fingerprint density at radius 3 is 2.95 bits per heavy atom. The first-order valence-electron chi connectivity index (χ1n) is 5.96. The van der Waals surface area contributed by atoms with Gasteiger partial charge in [-0.15, -0.1) is 0 Å². The van der Waals surface area contributed by atoms with Crippen molar-refractivity contribution in [1.29, 1.82) is 5.26 Å². The number of rotatable bonds is 2. The van der Waals surface area contributed by atoms with Gasteiger partial charge in [0.05, 0.1) is 10.5 Å². The van der Waals surface area contributed by atoms with E-state index in [0.29, 0.717) is 25.3 Å². The fraction of sp³-hybridized carbons (Fsp3) is 0.500. The van der Waals surface area contributed by atoms with E-state index in [4.69, 9.17) is 5.26 Å². The topological polar surface area (TPSA) is 103 Å². The van der Waals surface area contributed by atoms with E-state index >= 15 is 0 Å². The van der Waals surface area contributed by atoms with Crippen LogP contribution in [-0.4, -0.2) is 33.7 Å². The van der Waals surface area contributed by atoms with Crippen molar-refractivity contribution in [3.63, 3.8) is 0 Å². The van der Waals surface area contributed by atoms with Gasteiger partial charge in [-0.05, 0) is 25.8 Å². The summed E-state index contributed by atoms with van der Waals surface area (Å²) in [6.07, 6.45) is 1.52. The lowest BCUT2D eigenvalue weighted by Crippen LogP contribution is -2.46. The quantitative estimate of drug-likeness (QED) is 0.634. The highest BCUT2D eigenvalue weighted by molar-refractivity contribution is 5.52. The Morgan fingerprint density at radius 1 is 1.63 bits per heavy atom. The van der Waals surface area contributed by atoms with E-state index < -0.39 is 10.5 Å². The number of aliphatic hydroxyl groups is 1. The van der Waals surface area contributed by atoms with Gasteiger partial charge in [-0.3, -0.25) is 10.1 Å². The molecule has 1 unspecified atom stereocenters. The normalized spacial score (nSPS) is 22.9. The monoisotopic (exact) mass is 262 g/mol. The van der Waals surface area contributed by atoms with Crippen molar-refractivity contribution in [3.8, 4) is 6.07 Å². The molecule has 100 valence electrons. The van der Waals surface area contributed by atoms with Crippen molar-refractivity contribution >= 4 is 11.5 Å². The van der Waals surface area contributed by atoms with Crippen molar-refractivity contribution in [1.82, 2.24) is 4.98 Å². The van der Waals surface area contributed by atoms with E-state index in [1.807, 2.05) is 4.90 Å². The first-order chi connectivity index (χ1) is 8.93. The summed E-state index contributed by atoms with van der Waals surface area (Å²) in [7, 11) is 0. The maximum Gasteiger partial charge on any atom is 0.305 e. The largest absolute Gasteiger partial charge is 0.388 e. The van der Waals surface area contributed by atoms with Crippen LogP contribution in [0.4, 0.5) is 11.5 Å². The molecule has 1 saturated heterocycles. The Hall–Kier alpha value is -2.20. The molecule has 2 heterocycles. The van der Waals surface area contributed by atoms with E-state index in [0.717, 1.165) is 6.42 Å². The molecule has 0 spiro atoms. The summed E-state index contributed by atoms with van der Waals surface area (Å²) in [5.41, 5.74) is -1.29. The second-order valence-corrected chi connectivity index (χ2v) is 4.93. The van der Waals surface area contributed by atoms with Gasteiger partial charge in [0.2, 0.25) is 5.69 Å². The number of piperidine rings is 1. The van der Waals surface area contributed by atoms with E-state index in [-0.39, 0.29) is 11.4 Å². The lowest BCUT2D eigenvalue weighted by atomic mass is 9.95. The second kappa shape index (κ2) is 4.82. The molecule has 0 bridgehead atoms. The van der Waals surface area contributed by atoms with Gasteiger partial charge in [0.25, 0.3) is 0 Å². The standard InChI is InChI=1S/C12H14N4O3/c1-12(17)5-2-6-15(8-12)11-4-3-10(16(18)19)9(7-13)14-11/h3-4,17H,2,5-6,8H2,1H3. The molecule has 0 saturated carbocycles.